The van der Waals surface area contributed by atoms with Crippen LogP contribution in [-0.4, -0.2) is 54.3 Å². The molecule has 0 aliphatic carbocycles. The standard InChI is InChI=1S/C9H22N3P/c1-5-12(6-2)13-10(3)8-7-9-11(13)4/h5-9H2,1-4H3. The number of hydrogen-bond acceptors (Lipinski definition) is 3. The van der Waals surface area contributed by atoms with Gasteiger partial charge in [-0.1, -0.05) is 13.8 Å². The van der Waals surface area contributed by atoms with E-state index in [-0.39, 0.29) is 8.37 Å². The Labute approximate surface area is 83.6 Å². The number of hydrogen-bond donors (Lipinski definition) is 0. The predicted octanol–water partition coefficient (Wildman–Crippen LogP) is 1.82. The minimum absolute atomic E-state index is 0.158. The average Bonchev–Trinajstić information content (AvgIpc) is 2.11. The van der Waals surface area contributed by atoms with Gasteiger partial charge in [0, 0.05) is 26.2 Å². The molecular formula is C9H22N3P. The molecule has 4 heteroatoms. The molecule has 78 valence electrons. The second-order valence-electron chi connectivity index (χ2n) is 3.52. The molecule has 0 saturated carbocycles. The van der Waals surface area contributed by atoms with Gasteiger partial charge in [0.05, 0.1) is 0 Å². The molecule has 0 amide bonds. The van der Waals surface area contributed by atoms with Gasteiger partial charge in [0.15, 0.2) is 0 Å². The minimum Gasteiger partial charge on any atom is -0.260 e. The van der Waals surface area contributed by atoms with Crippen LogP contribution in [0.1, 0.15) is 20.3 Å². The summed E-state index contributed by atoms with van der Waals surface area (Å²) in [4.78, 5) is 0. The lowest BCUT2D eigenvalue weighted by molar-refractivity contribution is 0.328. The molecule has 0 N–H and O–H groups in total. The molecule has 0 unspecified atom stereocenters. The van der Waals surface area contributed by atoms with Crippen molar-refractivity contribution >= 4 is 8.37 Å². The highest BCUT2D eigenvalue weighted by Gasteiger charge is 2.28. The fraction of sp³-hybridized carbons (Fsp3) is 1.00. The maximum Gasteiger partial charge on any atom is 0.119 e. The lowest BCUT2D eigenvalue weighted by Gasteiger charge is -2.44. The molecule has 0 spiro atoms. The summed E-state index contributed by atoms with van der Waals surface area (Å²) in [6, 6.07) is 0. The first-order chi connectivity index (χ1) is 6.20. The fourth-order valence-electron chi connectivity index (χ4n) is 1.88. The lowest BCUT2D eigenvalue weighted by Crippen LogP contribution is -2.39. The molecule has 0 aromatic carbocycles. The van der Waals surface area contributed by atoms with Gasteiger partial charge in [-0.2, -0.15) is 0 Å². The van der Waals surface area contributed by atoms with Crippen LogP contribution in [0, 0.1) is 0 Å². The van der Waals surface area contributed by atoms with Crippen molar-refractivity contribution in [3.8, 4) is 0 Å². The second-order valence-corrected chi connectivity index (χ2v) is 5.99. The van der Waals surface area contributed by atoms with Gasteiger partial charge in [-0.05, 0) is 20.5 Å². The quantitative estimate of drug-likeness (QED) is 0.648. The monoisotopic (exact) mass is 203 g/mol. The van der Waals surface area contributed by atoms with Crippen molar-refractivity contribution in [3.05, 3.63) is 0 Å². The third-order valence-electron chi connectivity index (χ3n) is 2.56. The Balaban J connectivity index is 2.60. The molecule has 0 aromatic rings. The van der Waals surface area contributed by atoms with Crippen LogP contribution in [0.5, 0.6) is 0 Å². The van der Waals surface area contributed by atoms with Gasteiger partial charge in [0.2, 0.25) is 0 Å². The molecule has 0 atom stereocenters. The first-order valence-corrected chi connectivity index (χ1v) is 6.37. The van der Waals surface area contributed by atoms with Crippen LogP contribution in [-0.2, 0) is 0 Å². The van der Waals surface area contributed by atoms with E-state index >= 15 is 0 Å². The maximum absolute atomic E-state index is 2.56. The van der Waals surface area contributed by atoms with Crippen molar-refractivity contribution in [3.63, 3.8) is 0 Å². The summed E-state index contributed by atoms with van der Waals surface area (Å²) in [6.45, 7) is 9.34. The van der Waals surface area contributed by atoms with Crippen LogP contribution < -0.4 is 0 Å². The van der Waals surface area contributed by atoms with Gasteiger partial charge in [-0.25, -0.2) is 0 Å². The van der Waals surface area contributed by atoms with Crippen LogP contribution in [0.25, 0.3) is 0 Å². The molecule has 3 nitrogen and oxygen atoms in total. The normalized spacial score (nSPS) is 22.8. The summed E-state index contributed by atoms with van der Waals surface area (Å²) in [7, 11) is 4.34. The van der Waals surface area contributed by atoms with Crippen molar-refractivity contribution in [1.29, 1.82) is 0 Å². The highest BCUT2D eigenvalue weighted by molar-refractivity contribution is 7.50. The Kier molecular flexibility index (Phi) is 4.60. The maximum atomic E-state index is 2.56. The van der Waals surface area contributed by atoms with E-state index < -0.39 is 0 Å². The van der Waals surface area contributed by atoms with E-state index in [1.807, 2.05) is 0 Å². The van der Waals surface area contributed by atoms with E-state index in [1.54, 1.807) is 0 Å². The van der Waals surface area contributed by atoms with Gasteiger partial charge in [0.1, 0.15) is 8.37 Å². The van der Waals surface area contributed by atoms with Gasteiger partial charge in [0.25, 0.3) is 0 Å². The topological polar surface area (TPSA) is 9.72 Å². The molecule has 0 bridgehead atoms. The third-order valence-corrected chi connectivity index (χ3v) is 5.25. The summed E-state index contributed by atoms with van der Waals surface area (Å²) in [5.41, 5.74) is 0. The summed E-state index contributed by atoms with van der Waals surface area (Å²) >= 11 is 0. The summed E-state index contributed by atoms with van der Waals surface area (Å²) < 4.78 is 7.58. The van der Waals surface area contributed by atoms with E-state index in [0.717, 1.165) is 13.1 Å². The number of nitrogens with zero attached hydrogens (tertiary/aromatic N) is 3. The SMILES string of the molecule is CCN(CC)P1N(C)CCCN1C. The van der Waals surface area contributed by atoms with Gasteiger partial charge >= 0.3 is 0 Å². The molecule has 0 aromatic heterocycles. The zero-order valence-electron chi connectivity index (χ0n) is 9.32. The zero-order valence-corrected chi connectivity index (χ0v) is 10.2. The lowest BCUT2D eigenvalue weighted by atomic mass is 10.4. The fourth-order valence-corrected chi connectivity index (χ4v) is 4.41. The first kappa shape index (κ1) is 11.4. The predicted molar refractivity (Wildman–Crippen MR) is 59.7 cm³/mol. The van der Waals surface area contributed by atoms with Crippen LogP contribution in [0.15, 0.2) is 0 Å². The van der Waals surface area contributed by atoms with Crippen molar-refractivity contribution in [2.45, 2.75) is 20.3 Å². The Morgan fingerprint density at radius 1 is 1.08 bits per heavy atom. The second kappa shape index (κ2) is 5.26. The van der Waals surface area contributed by atoms with Crippen LogP contribution in [0.3, 0.4) is 0 Å². The molecule has 1 aliphatic heterocycles. The highest BCUT2D eigenvalue weighted by Crippen LogP contribution is 2.47. The van der Waals surface area contributed by atoms with Crippen LogP contribution in [0.4, 0.5) is 0 Å². The summed E-state index contributed by atoms with van der Waals surface area (Å²) in [6.07, 6.45) is 1.31. The van der Waals surface area contributed by atoms with Gasteiger partial charge in [-0.15, -0.1) is 0 Å². The summed E-state index contributed by atoms with van der Waals surface area (Å²) in [5.74, 6) is 0. The molecule has 1 saturated heterocycles. The van der Waals surface area contributed by atoms with Crippen molar-refractivity contribution in [1.82, 2.24) is 14.0 Å². The largest absolute Gasteiger partial charge is 0.260 e. The third kappa shape index (κ3) is 2.63. The first-order valence-electron chi connectivity index (χ1n) is 5.17. The van der Waals surface area contributed by atoms with Crippen molar-refractivity contribution < 1.29 is 0 Å². The van der Waals surface area contributed by atoms with Crippen LogP contribution >= 0.6 is 8.37 Å². The van der Waals surface area contributed by atoms with E-state index in [1.165, 1.54) is 19.5 Å². The van der Waals surface area contributed by atoms with Crippen molar-refractivity contribution in [2.24, 2.45) is 0 Å². The van der Waals surface area contributed by atoms with E-state index in [0.29, 0.717) is 0 Å². The Morgan fingerprint density at radius 2 is 1.54 bits per heavy atom. The zero-order chi connectivity index (χ0) is 9.84. The molecular weight excluding hydrogens is 181 g/mol. The Bertz CT molecular complexity index is 140. The average molecular weight is 203 g/mol. The molecule has 13 heavy (non-hydrogen) atoms. The molecule has 1 heterocycles. The number of rotatable bonds is 3. The van der Waals surface area contributed by atoms with Crippen molar-refractivity contribution in [2.75, 3.05) is 40.3 Å². The molecule has 1 rings (SSSR count). The van der Waals surface area contributed by atoms with Gasteiger partial charge < -0.3 is 0 Å². The van der Waals surface area contributed by atoms with Crippen LogP contribution in [0.2, 0.25) is 0 Å². The van der Waals surface area contributed by atoms with E-state index in [4.69, 9.17) is 0 Å². The van der Waals surface area contributed by atoms with E-state index in [9.17, 15) is 0 Å². The summed E-state index contributed by atoms with van der Waals surface area (Å²) in [5, 5.41) is 0. The van der Waals surface area contributed by atoms with E-state index in [2.05, 4.69) is 42.0 Å². The molecule has 1 aliphatic rings. The Hall–Kier alpha value is 0.310. The smallest absolute Gasteiger partial charge is 0.119 e. The highest BCUT2D eigenvalue weighted by atomic mass is 31.2. The minimum atomic E-state index is -0.158. The molecule has 0 radical (unpaired) electrons. The van der Waals surface area contributed by atoms with Gasteiger partial charge in [-0.3, -0.25) is 14.0 Å². The molecule has 1 fully saturated rings. The Morgan fingerprint density at radius 3 is 1.92 bits per heavy atom.